The fraction of sp³-hybridized carbons (Fsp3) is 0.400. The van der Waals surface area contributed by atoms with Gasteiger partial charge in [-0.1, -0.05) is 30.3 Å². The maximum Gasteiger partial charge on any atom is 0.257 e. The summed E-state index contributed by atoms with van der Waals surface area (Å²) in [4.78, 5) is 39.6. The van der Waals surface area contributed by atoms with Crippen molar-refractivity contribution in [2.75, 3.05) is 11.4 Å². The normalized spacial score (nSPS) is 18.0. The molecule has 3 aromatic rings. The van der Waals surface area contributed by atoms with E-state index in [2.05, 4.69) is 5.10 Å². The molecule has 0 aliphatic carbocycles. The van der Waals surface area contributed by atoms with Crippen LogP contribution in [-0.2, 0) is 24.8 Å². The Bertz CT molecular complexity index is 1220. The van der Waals surface area contributed by atoms with Crippen LogP contribution in [0.25, 0.3) is 0 Å². The highest BCUT2D eigenvalue weighted by molar-refractivity contribution is 5.96. The van der Waals surface area contributed by atoms with Gasteiger partial charge in [0.05, 0.1) is 23.8 Å². The zero-order valence-corrected chi connectivity index (χ0v) is 19.3. The van der Waals surface area contributed by atoms with Crippen LogP contribution in [0.15, 0.2) is 36.5 Å². The lowest BCUT2D eigenvalue weighted by molar-refractivity contribution is -0.119. The number of amides is 2. The number of carbonyl (C=O) groups is 2. The van der Waals surface area contributed by atoms with E-state index in [4.69, 9.17) is 9.97 Å². The molecule has 0 spiro atoms. The molecule has 1 fully saturated rings. The molecule has 2 aliphatic rings. The third-order valence-corrected chi connectivity index (χ3v) is 6.59. The summed E-state index contributed by atoms with van der Waals surface area (Å²) in [5, 5.41) is 4.32. The smallest absolute Gasteiger partial charge is 0.257 e. The molecule has 0 unspecified atom stereocenters. The number of rotatable bonds is 4. The quantitative estimate of drug-likeness (QED) is 0.617. The van der Waals surface area contributed by atoms with Gasteiger partial charge in [-0.2, -0.15) is 5.10 Å². The summed E-state index contributed by atoms with van der Waals surface area (Å²) in [6, 6.07) is 9.74. The Morgan fingerprint density at radius 2 is 1.88 bits per heavy atom. The summed E-state index contributed by atoms with van der Waals surface area (Å²) in [5.74, 6) is 1.33. The van der Waals surface area contributed by atoms with E-state index in [-0.39, 0.29) is 17.9 Å². The zero-order valence-electron chi connectivity index (χ0n) is 19.3. The SMILES string of the molecule is Cc1nn(C)cc1C(=O)N1CCC[C@H]1c1nc(C)c2c(n1)N(Cc1ccccc1)C(=O)CC2. The van der Waals surface area contributed by atoms with E-state index in [1.54, 1.807) is 15.8 Å². The molecule has 2 aliphatic heterocycles. The Kier molecular flexibility index (Phi) is 5.44. The molecule has 0 radical (unpaired) electrons. The Morgan fingerprint density at radius 3 is 2.61 bits per heavy atom. The molecule has 33 heavy (non-hydrogen) atoms. The van der Waals surface area contributed by atoms with Crippen LogP contribution in [0.3, 0.4) is 0 Å². The second-order valence-electron chi connectivity index (χ2n) is 8.89. The second-order valence-corrected chi connectivity index (χ2v) is 8.89. The number of carbonyl (C=O) groups excluding carboxylic acids is 2. The summed E-state index contributed by atoms with van der Waals surface area (Å²) in [6.07, 6.45) is 4.56. The molecule has 2 amide bonds. The van der Waals surface area contributed by atoms with Crippen LogP contribution >= 0.6 is 0 Å². The van der Waals surface area contributed by atoms with Gasteiger partial charge >= 0.3 is 0 Å². The molecule has 0 bridgehead atoms. The third-order valence-electron chi connectivity index (χ3n) is 6.59. The average molecular weight is 445 g/mol. The van der Waals surface area contributed by atoms with Crippen LogP contribution in [0, 0.1) is 13.8 Å². The highest BCUT2D eigenvalue weighted by atomic mass is 16.2. The molecule has 5 rings (SSSR count). The van der Waals surface area contributed by atoms with E-state index in [9.17, 15) is 9.59 Å². The maximum atomic E-state index is 13.3. The molecular formula is C25H28N6O2. The van der Waals surface area contributed by atoms with Crippen LogP contribution in [0.1, 0.15) is 64.0 Å². The minimum atomic E-state index is -0.211. The number of fused-ring (bicyclic) bond motifs is 1. The number of anilines is 1. The van der Waals surface area contributed by atoms with Gasteiger partial charge < -0.3 is 4.90 Å². The van der Waals surface area contributed by atoms with Gasteiger partial charge in [0.2, 0.25) is 5.91 Å². The van der Waals surface area contributed by atoms with Crippen molar-refractivity contribution in [3.63, 3.8) is 0 Å². The van der Waals surface area contributed by atoms with Crippen LogP contribution in [0.4, 0.5) is 5.82 Å². The lowest BCUT2D eigenvalue weighted by Crippen LogP contribution is -2.37. The summed E-state index contributed by atoms with van der Waals surface area (Å²) in [6.45, 7) is 4.96. The molecule has 2 aromatic heterocycles. The first-order valence-corrected chi connectivity index (χ1v) is 11.5. The molecule has 170 valence electrons. The lowest BCUT2D eigenvalue weighted by atomic mass is 10.0. The number of hydrogen-bond donors (Lipinski definition) is 0. The largest absolute Gasteiger partial charge is 0.328 e. The van der Waals surface area contributed by atoms with E-state index < -0.39 is 0 Å². The van der Waals surface area contributed by atoms with Crippen molar-refractivity contribution in [3.8, 4) is 0 Å². The van der Waals surface area contributed by atoms with E-state index in [1.807, 2.05) is 56.1 Å². The number of nitrogens with zero attached hydrogens (tertiary/aromatic N) is 6. The molecule has 0 N–H and O–H groups in total. The first kappa shape index (κ1) is 21.3. The highest BCUT2D eigenvalue weighted by Gasteiger charge is 2.36. The van der Waals surface area contributed by atoms with E-state index in [0.717, 1.165) is 35.4 Å². The second kappa shape index (κ2) is 8.42. The Labute approximate surface area is 193 Å². The van der Waals surface area contributed by atoms with Crippen molar-refractivity contribution in [3.05, 3.63) is 70.4 Å². The lowest BCUT2D eigenvalue weighted by Gasteiger charge is -2.31. The van der Waals surface area contributed by atoms with E-state index >= 15 is 0 Å². The van der Waals surface area contributed by atoms with Gasteiger partial charge in [0.25, 0.3) is 5.91 Å². The summed E-state index contributed by atoms with van der Waals surface area (Å²) < 4.78 is 1.67. The van der Waals surface area contributed by atoms with Gasteiger partial charge in [0.15, 0.2) is 5.82 Å². The minimum Gasteiger partial charge on any atom is -0.328 e. The summed E-state index contributed by atoms with van der Waals surface area (Å²) in [7, 11) is 1.82. The van der Waals surface area contributed by atoms with Gasteiger partial charge in [0, 0.05) is 37.5 Å². The van der Waals surface area contributed by atoms with E-state index in [1.165, 1.54) is 0 Å². The maximum absolute atomic E-state index is 13.3. The minimum absolute atomic E-state index is 0.0423. The molecular weight excluding hydrogens is 416 g/mol. The van der Waals surface area contributed by atoms with Crippen molar-refractivity contribution < 1.29 is 9.59 Å². The Hall–Kier alpha value is -3.55. The van der Waals surface area contributed by atoms with Gasteiger partial charge in [0.1, 0.15) is 5.82 Å². The average Bonchev–Trinajstić information content (AvgIpc) is 3.42. The van der Waals surface area contributed by atoms with Gasteiger partial charge in [-0.15, -0.1) is 0 Å². The fourth-order valence-corrected chi connectivity index (χ4v) is 4.92. The predicted molar refractivity (Wildman–Crippen MR) is 124 cm³/mol. The van der Waals surface area contributed by atoms with Crippen LogP contribution < -0.4 is 4.90 Å². The molecule has 1 saturated heterocycles. The summed E-state index contributed by atoms with van der Waals surface area (Å²) >= 11 is 0. The third kappa shape index (κ3) is 3.90. The van der Waals surface area contributed by atoms with Crippen LogP contribution in [0.2, 0.25) is 0 Å². The van der Waals surface area contributed by atoms with Crippen molar-refractivity contribution >= 4 is 17.6 Å². The molecule has 1 atom stereocenters. The fourth-order valence-electron chi connectivity index (χ4n) is 4.92. The molecule has 0 saturated carbocycles. The van der Waals surface area contributed by atoms with Crippen molar-refractivity contribution in [1.82, 2.24) is 24.6 Å². The van der Waals surface area contributed by atoms with Gasteiger partial charge in [-0.05, 0) is 38.7 Å². The molecule has 1 aromatic carbocycles. The molecule has 8 heteroatoms. The first-order chi connectivity index (χ1) is 15.9. The molecule has 4 heterocycles. The zero-order chi connectivity index (χ0) is 23.1. The standard InChI is InChI=1S/C25H28N6O2/c1-16-19-11-12-22(32)31(14-18-8-5-4-6-9-18)24(19)27-23(26-16)21-10-7-13-30(21)25(33)20-15-29(3)28-17(20)2/h4-6,8-9,15,21H,7,10-14H2,1-3H3/t21-/m0/s1. The van der Waals surface area contributed by atoms with Crippen molar-refractivity contribution in [2.45, 2.75) is 52.1 Å². The number of aryl methyl sites for hydroxylation is 3. The first-order valence-electron chi connectivity index (χ1n) is 11.5. The highest BCUT2D eigenvalue weighted by Crippen LogP contribution is 2.36. The topological polar surface area (TPSA) is 84.2 Å². The van der Waals surface area contributed by atoms with Crippen molar-refractivity contribution in [2.24, 2.45) is 7.05 Å². The predicted octanol–water partition coefficient (Wildman–Crippen LogP) is 3.28. The number of hydrogen-bond acceptors (Lipinski definition) is 5. The Balaban J connectivity index is 1.50. The van der Waals surface area contributed by atoms with Crippen LogP contribution in [-0.4, -0.2) is 43.0 Å². The number of aromatic nitrogens is 4. The van der Waals surface area contributed by atoms with E-state index in [0.29, 0.717) is 43.1 Å². The van der Waals surface area contributed by atoms with Gasteiger partial charge in [-0.3, -0.25) is 19.2 Å². The van der Waals surface area contributed by atoms with Crippen LogP contribution in [0.5, 0.6) is 0 Å². The Morgan fingerprint density at radius 1 is 1.09 bits per heavy atom. The number of likely N-dealkylation sites (tertiary alicyclic amines) is 1. The molecule has 8 nitrogen and oxygen atoms in total. The van der Waals surface area contributed by atoms with Crippen molar-refractivity contribution in [1.29, 1.82) is 0 Å². The summed E-state index contributed by atoms with van der Waals surface area (Å²) in [5.41, 5.74) is 4.29. The number of benzene rings is 1. The monoisotopic (exact) mass is 444 g/mol. The van der Waals surface area contributed by atoms with Gasteiger partial charge in [-0.25, -0.2) is 9.97 Å².